The van der Waals surface area contributed by atoms with Crippen molar-refractivity contribution in [3.8, 4) is 0 Å². The SMILES string of the molecule is Cl.NC(=S)S.[Cu]. The molecule has 0 aliphatic rings. The Balaban J connectivity index is -0.0000000450. The van der Waals surface area contributed by atoms with E-state index in [2.05, 4.69) is 24.8 Å². The minimum atomic E-state index is 0. The number of nitrogens with two attached hydrogens (primary N) is 1. The number of thiocarbonyl (C=S) groups is 1. The van der Waals surface area contributed by atoms with Gasteiger partial charge in [-0.15, -0.1) is 25.0 Å². The van der Waals surface area contributed by atoms with Crippen LogP contribution in [0.3, 0.4) is 0 Å². The quantitative estimate of drug-likeness (QED) is 0.334. The van der Waals surface area contributed by atoms with Crippen molar-refractivity contribution < 1.29 is 17.1 Å². The van der Waals surface area contributed by atoms with Crippen LogP contribution in [0.5, 0.6) is 0 Å². The van der Waals surface area contributed by atoms with E-state index in [0.717, 1.165) is 0 Å². The van der Waals surface area contributed by atoms with Gasteiger partial charge in [0.1, 0.15) is 4.32 Å². The Bertz CT molecular complexity index is 36.5. The molecule has 0 aliphatic heterocycles. The zero-order valence-electron chi connectivity index (χ0n) is 2.64. The van der Waals surface area contributed by atoms with Crippen molar-refractivity contribution in [2.24, 2.45) is 5.73 Å². The van der Waals surface area contributed by atoms with Gasteiger partial charge in [0.25, 0.3) is 0 Å². The second-order valence-corrected chi connectivity index (χ2v) is 1.56. The molecule has 0 aromatic heterocycles. The van der Waals surface area contributed by atoms with Gasteiger partial charge in [0.05, 0.1) is 0 Å². The summed E-state index contributed by atoms with van der Waals surface area (Å²) in [6.07, 6.45) is 0. The van der Waals surface area contributed by atoms with Crippen molar-refractivity contribution in [2.45, 2.75) is 0 Å². The second-order valence-electron chi connectivity index (χ2n) is 0.338. The molecule has 0 aromatic rings. The molecule has 0 atom stereocenters. The van der Waals surface area contributed by atoms with E-state index in [1.807, 2.05) is 0 Å². The Morgan fingerprint density at radius 2 is 1.67 bits per heavy atom. The molecule has 0 aliphatic carbocycles. The van der Waals surface area contributed by atoms with Crippen LogP contribution < -0.4 is 5.73 Å². The fourth-order valence-corrected chi connectivity index (χ4v) is 0. The van der Waals surface area contributed by atoms with Crippen LogP contribution in [0.2, 0.25) is 0 Å². The van der Waals surface area contributed by atoms with Crippen molar-refractivity contribution in [3.05, 3.63) is 0 Å². The van der Waals surface area contributed by atoms with Gasteiger partial charge in [-0.3, -0.25) is 0 Å². The third-order valence-electron chi connectivity index (χ3n) is 0. The van der Waals surface area contributed by atoms with Crippen LogP contribution in [0.15, 0.2) is 0 Å². The Labute approximate surface area is 64.3 Å². The number of hydrogen-bond acceptors (Lipinski definition) is 1. The third-order valence-corrected chi connectivity index (χ3v) is 0. The first kappa shape index (κ1) is 15.7. The number of thiol groups is 1. The number of hydrogen-bond donors (Lipinski definition) is 2. The average Bonchev–Trinajstić information content (AvgIpc) is 0.811. The van der Waals surface area contributed by atoms with Crippen LogP contribution in [0.4, 0.5) is 0 Å². The summed E-state index contributed by atoms with van der Waals surface area (Å²) in [6, 6.07) is 0. The van der Waals surface area contributed by atoms with E-state index >= 15 is 0 Å². The Kier molecular flexibility index (Phi) is 24.7. The average molecular weight is 193 g/mol. The molecule has 0 saturated heterocycles. The summed E-state index contributed by atoms with van der Waals surface area (Å²) >= 11 is 7.65. The molecule has 6 heavy (non-hydrogen) atoms. The molecule has 5 heteroatoms. The summed E-state index contributed by atoms with van der Waals surface area (Å²) in [5.41, 5.74) is 4.71. The predicted molar refractivity (Wildman–Crippen MR) is 33.0 cm³/mol. The molecule has 0 bridgehead atoms. The van der Waals surface area contributed by atoms with E-state index in [4.69, 9.17) is 5.73 Å². The van der Waals surface area contributed by atoms with Crippen molar-refractivity contribution >= 4 is 41.6 Å². The van der Waals surface area contributed by atoms with E-state index in [0.29, 0.717) is 0 Å². The van der Waals surface area contributed by atoms with Gasteiger partial charge in [0.2, 0.25) is 0 Å². The Morgan fingerprint density at radius 1 is 1.67 bits per heavy atom. The maximum Gasteiger partial charge on any atom is 0.128 e. The first-order valence-corrected chi connectivity index (χ1v) is 1.57. The number of rotatable bonds is 0. The second kappa shape index (κ2) is 9.41. The van der Waals surface area contributed by atoms with Crippen molar-refractivity contribution in [1.29, 1.82) is 0 Å². The van der Waals surface area contributed by atoms with Crippen LogP contribution in [0, 0.1) is 0 Å². The topological polar surface area (TPSA) is 26.0 Å². The molecule has 0 spiro atoms. The van der Waals surface area contributed by atoms with Crippen LogP contribution >= 0.6 is 37.3 Å². The molecule has 0 amide bonds. The normalized spacial score (nSPS) is 4.17. The van der Waals surface area contributed by atoms with Gasteiger partial charge in [0.15, 0.2) is 0 Å². The van der Waals surface area contributed by atoms with Crippen LogP contribution in [-0.4, -0.2) is 4.32 Å². The van der Waals surface area contributed by atoms with Gasteiger partial charge >= 0.3 is 0 Å². The minimum absolute atomic E-state index is 0. The molecule has 0 unspecified atom stereocenters. The van der Waals surface area contributed by atoms with Crippen molar-refractivity contribution in [3.63, 3.8) is 0 Å². The van der Waals surface area contributed by atoms with Gasteiger partial charge in [-0.05, 0) is 0 Å². The third kappa shape index (κ3) is 75.2. The smallest absolute Gasteiger partial charge is 0.128 e. The molecule has 0 rings (SSSR count). The summed E-state index contributed by atoms with van der Waals surface area (Å²) in [6.45, 7) is 0. The summed E-state index contributed by atoms with van der Waals surface area (Å²) in [5.74, 6) is 0. The summed E-state index contributed by atoms with van der Waals surface area (Å²) in [5, 5.41) is 0. The Hall–Kier alpha value is 1.05. The largest absolute Gasteiger partial charge is 0.385 e. The fourth-order valence-electron chi connectivity index (χ4n) is 0. The first-order chi connectivity index (χ1) is 1.73. The maximum absolute atomic E-state index is 4.71. The summed E-state index contributed by atoms with van der Waals surface area (Å²) in [7, 11) is 0. The van der Waals surface area contributed by atoms with Crippen LogP contribution in [-0.2, 0) is 17.1 Å². The molecule has 43 valence electrons. The van der Waals surface area contributed by atoms with Gasteiger partial charge in [0, 0.05) is 17.1 Å². The first-order valence-electron chi connectivity index (χ1n) is 0.716. The minimum Gasteiger partial charge on any atom is -0.385 e. The molecule has 0 heterocycles. The van der Waals surface area contributed by atoms with Gasteiger partial charge in [-0.1, -0.05) is 12.2 Å². The standard InChI is InChI=1S/CH3NS2.ClH.Cu/c2-1(3)4;;/h(H3,2,3,4);1H;. The maximum atomic E-state index is 4.71. The molecular formula is CH4ClCuNS2. The fraction of sp³-hybridized carbons (Fsp3) is 0. The molecule has 0 fully saturated rings. The summed E-state index contributed by atoms with van der Waals surface area (Å²) in [4.78, 5) is 0. The van der Waals surface area contributed by atoms with E-state index in [-0.39, 0.29) is 33.8 Å². The van der Waals surface area contributed by atoms with E-state index in [9.17, 15) is 0 Å². The zero-order valence-corrected chi connectivity index (χ0v) is 6.11. The van der Waals surface area contributed by atoms with E-state index in [1.165, 1.54) is 0 Å². The van der Waals surface area contributed by atoms with Crippen LogP contribution in [0.1, 0.15) is 0 Å². The predicted octanol–water partition coefficient (Wildman–Crippen LogP) is 0.579. The molecule has 0 saturated carbocycles. The number of halogens is 1. The van der Waals surface area contributed by atoms with Crippen molar-refractivity contribution in [1.82, 2.24) is 0 Å². The molecule has 0 aromatic carbocycles. The molecular weight excluding hydrogens is 189 g/mol. The van der Waals surface area contributed by atoms with E-state index in [1.54, 1.807) is 0 Å². The van der Waals surface area contributed by atoms with E-state index < -0.39 is 0 Å². The van der Waals surface area contributed by atoms with Gasteiger partial charge in [-0.2, -0.15) is 0 Å². The van der Waals surface area contributed by atoms with Gasteiger partial charge in [-0.25, -0.2) is 0 Å². The molecule has 2 N–H and O–H groups in total. The monoisotopic (exact) mass is 192 g/mol. The van der Waals surface area contributed by atoms with Crippen LogP contribution in [0.25, 0.3) is 0 Å². The molecule has 1 nitrogen and oxygen atoms in total. The Morgan fingerprint density at radius 3 is 1.67 bits per heavy atom. The molecule has 1 radical (unpaired) electrons. The van der Waals surface area contributed by atoms with Gasteiger partial charge < -0.3 is 5.73 Å². The van der Waals surface area contributed by atoms with Crippen molar-refractivity contribution in [2.75, 3.05) is 0 Å². The summed E-state index contributed by atoms with van der Waals surface area (Å²) < 4.78 is 0.194. The zero-order chi connectivity index (χ0) is 3.58.